The second-order valence-electron chi connectivity index (χ2n) is 5.18. The van der Waals surface area contributed by atoms with E-state index in [9.17, 15) is 14.0 Å². The number of hydrogen-bond donors (Lipinski definition) is 2. The summed E-state index contributed by atoms with van der Waals surface area (Å²) in [5, 5.41) is 16.8. The standard InChI is InChI=1S/C16H13FN2O3/c17-13-6-5-9(7-12(13)16(21)22)8-14-10-3-1-2-4-11(10)15(20)19-18-14/h1-4,6-7,9H,5,8H2,(H,19,20)(H,21,22). The molecule has 0 bridgehead atoms. The van der Waals surface area contributed by atoms with Crippen molar-refractivity contribution in [1.82, 2.24) is 10.2 Å². The van der Waals surface area contributed by atoms with E-state index < -0.39 is 11.8 Å². The molecule has 0 spiro atoms. The number of nitrogens with zero attached hydrogens (tertiary/aromatic N) is 1. The topological polar surface area (TPSA) is 83.0 Å². The van der Waals surface area contributed by atoms with Crippen molar-refractivity contribution in [3.05, 3.63) is 63.9 Å². The van der Waals surface area contributed by atoms with E-state index in [1.807, 2.05) is 6.07 Å². The molecule has 1 aliphatic carbocycles. The molecule has 0 saturated heterocycles. The predicted octanol–water partition coefficient (Wildman–Crippen LogP) is 2.35. The van der Waals surface area contributed by atoms with Gasteiger partial charge in [0.2, 0.25) is 0 Å². The van der Waals surface area contributed by atoms with Gasteiger partial charge in [-0.2, -0.15) is 5.10 Å². The molecule has 6 heteroatoms. The van der Waals surface area contributed by atoms with Crippen molar-refractivity contribution in [2.24, 2.45) is 5.92 Å². The van der Waals surface area contributed by atoms with Gasteiger partial charge in [0, 0.05) is 5.39 Å². The van der Waals surface area contributed by atoms with Gasteiger partial charge in [0.25, 0.3) is 5.56 Å². The lowest BCUT2D eigenvalue weighted by Gasteiger charge is -2.16. The molecule has 2 N–H and O–H groups in total. The summed E-state index contributed by atoms with van der Waals surface area (Å²) in [6.45, 7) is 0. The molecule has 1 heterocycles. The van der Waals surface area contributed by atoms with Gasteiger partial charge in [-0.1, -0.05) is 24.3 Å². The highest BCUT2D eigenvalue weighted by Gasteiger charge is 2.22. The minimum Gasteiger partial charge on any atom is -0.478 e. The van der Waals surface area contributed by atoms with Gasteiger partial charge in [0.1, 0.15) is 5.83 Å². The highest BCUT2D eigenvalue weighted by atomic mass is 19.1. The third kappa shape index (κ3) is 2.55. The van der Waals surface area contributed by atoms with Crippen molar-refractivity contribution in [2.45, 2.75) is 12.8 Å². The van der Waals surface area contributed by atoms with Crippen molar-refractivity contribution in [3.8, 4) is 0 Å². The molecule has 1 atom stereocenters. The average Bonchev–Trinajstić information content (AvgIpc) is 2.52. The summed E-state index contributed by atoms with van der Waals surface area (Å²) in [4.78, 5) is 22.7. The lowest BCUT2D eigenvalue weighted by molar-refractivity contribution is -0.132. The number of aromatic nitrogens is 2. The molecule has 112 valence electrons. The van der Waals surface area contributed by atoms with E-state index in [4.69, 9.17) is 5.11 Å². The first-order valence-corrected chi connectivity index (χ1v) is 6.83. The molecule has 3 rings (SSSR count). The number of H-pyrrole nitrogens is 1. The zero-order valence-electron chi connectivity index (χ0n) is 11.5. The first kappa shape index (κ1) is 14.2. The maximum absolute atomic E-state index is 13.5. The van der Waals surface area contributed by atoms with Crippen molar-refractivity contribution >= 4 is 16.7 Å². The van der Waals surface area contributed by atoms with Gasteiger partial charge in [-0.15, -0.1) is 0 Å². The van der Waals surface area contributed by atoms with Gasteiger partial charge in [0.05, 0.1) is 16.7 Å². The molecular formula is C16H13FN2O3. The van der Waals surface area contributed by atoms with Crippen LogP contribution < -0.4 is 5.56 Å². The van der Waals surface area contributed by atoms with Gasteiger partial charge in [-0.25, -0.2) is 14.3 Å². The van der Waals surface area contributed by atoms with Gasteiger partial charge in [0.15, 0.2) is 0 Å². The van der Waals surface area contributed by atoms with Crippen molar-refractivity contribution in [2.75, 3.05) is 0 Å². The van der Waals surface area contributed by atoms with Gasteiger partial charge in [-0.3, -0.25) is 4.79 Å². The Morgan fingerprint density at radius 1 is 1.36 bits per heavy atom. The molecule has 2 aromatic rings. The average molecular weight is 300 g/mol. The summed E-state index contributed by atoms with van der Waals surface area (Å²) in [6, 6.07) is 7.08. The van der Waals surface area contributed by atoms with E-state index in [1.54, 1.807) is 18.2 Å². The normalized spacial score (nSPS) is 18.0. The molecule has 1 unspecified atom stereocenters. The number of aliphatic carboxylic acids is 1. The highest BCUT2D eigenvalue weighted by Crippen LogP contribution is 2.27. The van der Waals surface area contributed by atoms with Crippen LogP contribution in [0.1, 0.15) is 12.1 Å². The van der Waals surface area contributed by atoms with E-state index in [-0.39, 0.29) is 17.1 Å². The Morgan fingerprint density at radius 3 is 2.82 bits per heavy atom. The second-order valence-corrected chi connectivity index (χ2v) is 5.18. The number of carbonyl (C=O) groups is 1. The quantitative estimate of drug-likeness (QED) is 0.911. The number of nitrogens with one attached hydrogen (secondary N) is 1. The number of halogens is 1. The number of aromatic amines is 1. The Labute approximate surface area is 124 Å². The number of carboxylic acid groups (broad SMARTS) is 1. The SMILES string of the molecule is O=C(O)C1=CC(Cc2n[nH]c(=O)c3ccccc23)CC=C1F. The first-order valence-electron chi connectivity index (χ1n) is 6.83. The minimum absolute atomic E-state index is 0.174. The fraction of sp³-hybridized carbons (Fsp3) is 0.188. The van der Waals surface area contributed by atoms with Crippen LogP contribution >= 0.6 is 0 Å². The Bertz CT molecular complexity index is 867. The van der Waals surface area contributed by atoms with E-state index in [0.717, 1.165) is 5.39 Å². The molecule has 0 fully saturated rings. The molecule has 0 aliphatic heterocycles. The fourth-order valence-corrected chi connectivity index (χ4v) is 2.64. The zero-order valence-corrected chi connectivity index (χ0v) is 11.5. The summed E-state index contributed by atoms with van der Waals surface area (Å²) in [5.41, 5.74) is 0.0811. The van der Waals surface area contributed by atoms with Crippen LogP contribution in [0.4, 0.5) is 4.39 Å². The van der Waals surface area contributed by atoms with Crippen molar-refractivity contribution in [1.29, 1.82) is 0 Å². The van der Waals surface area contributed by atoms with Gasteiger partial charge >= 0.3 is 5.97 Å². The van der Waals surface area contributed by atoms with Crippen LogP contribution in [0, 0.1) is 5.92 Å². The van der Waals surface area contributed by atoms with E-state index in [1.165, 1.54) is 12.2 Å². The number of hydrogen-bond acceptors (Lipinski definition) is 3. The summed E-state index contributed by atoms with van der Waals surface area (Å²) < 4.78 is 13.5. The zero-order chi connectivity index (χ0) is 15.7. The van der Waals surface area contributed by atoms with Crippen LogP contribution in [0.3, 0.4) is 0 Å². The van der Waals surface area contributed by atoms with E-state index in [2.05, 4.69) is 10.2 Å². The van der Waals surface area contributed by atoms with Crippen molar-refractivity contribution < 1.29 is 14.3 Å². The number of rotatable bonds is 3. The highest BCUT2D eigenvalue weighted by molar-refractivity contribution is 5.91. The van der Waals surface area contributed by atoms with Crippen LogP contribution in [-0.2, 0) is 11.2 Å². The lowest BCUT2D eigenvalue weighted by Crippen LogP contribution is -2.15. The Hall–Kier alpha value is -2.76. The fourth-order valence-electron chi connectivity index (χ4n) is 2.64. The second kappa shape index (κ2) is 5.55. The summed E-state index contributed by atoms with van der Waals surface area (Å²) in [5.74, 6) is -2.16. The lowest BCUT2D eigenvalue weighted by atomic mass is 9.90. The number of allylic oxidation sites excluding steroid dienone is 2. The van der Waals surface area contributed by atoms with Crippen LogP contribution in [0.25, 0.3) is 10.8 Å². The van der Waals surface area contributed by atoms with Gasteiger partial charge in [-0.05, 0) is 30.9 Å². The molecular weight excluding hydrogens is 287 g/mol. The Balaban J connectivity index is 1.97. The third-order valence-electron chi connectivity index (χ3n) is 3.72. The van der Waals surface area contributed by atoms with E-state index in [0.29, 0.717) is 23.9 Å². The Kier molecular flexibility index (Phi) is 3.58. The molecule has 5 nitrogen and oxygen atoms in total. The summed E-state index contributed by atoms with van der Waals surface area (Å²) in [6.07, 6.45) is 3.52. The van der Waals surface area contributed by atoms with Gasteiger partial charge < -0.3 is 5.11 Å². The molecule has 1 aromatic heterocycles. The van der Waals surface area contributed by atoms with Crippen molar-refractivity contribution in [3.63, 3.8) is 0 Å². The first-order chi connectivity index (χ1) is 10.6. The summed E-state index contributed by atoms with van der Waals surface area (Å²) in [7, 11) is 0. The molecule has 22 heavy (non-hydrogen) atoms. The van der Waals surface area contributed by atoms with E-state index >= 15 is 0 Å². The Morgan fingerprint density at radius 2 is 2.09 bits per heavy atom. The van der Waals surface area contributed by atoms with Crippen LogP contribution in [0.2, 0.25) is 0 Å². The third-order valence-corrected chi connectivity index (χ3v) is 3.72. The minimum atomic E-state index is -1.28. The number of benzene rings is 1. The maximum Gasteiger partial charge on any atom is 0.338 e. The number of fused-ring (bicyclic) bond motifs is 1. The smallest absolute Gasteiger partial charge is 0.338 e. The largest absolute Gasteiger partial charge is 0.478 e. The monoisotopic (exact) mass is 300 g/mol. The number of carboxylic acids is 1. The van der Waals surface area contributed by atoms with Crippen LogP contribution in [-0.4, -0.2) is 21.3 Å². The molecule has 0 amide bonds. The summed E-state index contributed by atoms with van der Waals surface area (Å²) >= 11 is 0. The van der Waals surface area contributed by atoms with Crippen LogP contribution in [0.15, 0.2) is 52.6 Å². The van der Waals surface area contributed by atoms with Crippen LogP contribution in [0.5, 0.6) is 0 Å². The predicted molar refractivity (Wildman–Crippen MR) is 79.1 cm³/mol. The molecule has 1 aromatic carbocycles. The maximum atomic E-state index is 13.5. The molecule has 0 saturated carbocycles. The molecule has 1 aliphatic rings. The molecule has 0 radical (unpaired) electrons.